The molecule has 2 heterocycles. The average molecular weight is 372 g/mol. The molecule has 0 aliphatic carbocycles. The lowest BCUT2D eigenvalue weighted by Gasteiger charge is -2.38. The first kappa shape index (κ1) is 19.2. The minimum Gasteiger partial charge on any atom is -0.339 e. The molecule has 0 saturated carbocycles. The maximum Gasteiger partial charge on any atom is 0.321 e. The quantitative estimate of drug-likeness (QED) is 0.862. The summed E-state index contributed by atoms with van der Waals surface area (Å²) >= 11 is 0. The number of nitrogens with zero attached hydrogens (tertiary/aromatic N) is 3. The second kappa shape index (κ2) is 8.41. The summed E-state index contributed by atoms with van der Waals surface area (Å²) in [6.45, 7) is 6.98. The van der Waals surface area contributed by atoms with E-state index in [-0.39, 0.29) is 23.8 Å². The number of piperazine rings is 1. The number of carbonyl (C=O) groups is 3. The van der Waals surface area contributed by atoms with Crippen molar-refractivity contribution in [1.82, 2.24) is 14.7 Å². The molecule has 1 aromatic carbocycles. The highest BCUT2D eigenvalue weighted by Gasteiger charge is 2.32. The topological polar surface area (TPSA) is 73.0 Å². The Bertz CT molecular complexity index is 713. The van der Waals surface area contributed by atoms with Crippen LogP contribution in [0.2, 0.25) is 0 Å². The second-order valence-corrected chi connectivity index (χ2v) is 7.42. The van der Waals surface area contributed by atoms with Gasteiger partial charge in [-0.15, -0.1) is 0 Å². The molecule has 3 rings (SSSR count). The van der Waals surface area contributed by atoms with Crippen molar-refractivity contribution < 1.29 is 14.4 Å². The Morgan fingerprint density at radius 1 is 1.00 bits per heavy atom. The summed E-state index contributed by atoms with van der Waals surface area (Å²) in [6, 6.07) is 7.54. The summed E-state index contributed by atoms with van der Waals surface area (Å²) in [5.41, 5.74) is 1.86. The van der Waals surface area contributed by atoms with E-state index in [1.807, 2.05) is 36.1 Å². The number of carbonyl (C=O) groups excluding carboxylic acids is 3. The third-order valence-corrected chi connectivity index (χ3v) is 5.36. The van der Waals surface area contributed by atoms with Crippen LogP contribution < -0.4 is 5.32 Å². The molecule has 2 aliphatic heterocycles. The Labute approximate surface area is 160 Å². The molecule has 1 unspecified atom stereocenters. The molecule has 0 bridgehead atoms. The van der Waals surface area contributed by atoms with Gasteiger partial charge in [0.25, 0.3) is 0 Å². The fourth-order valence-corrected chi connectivity index (χ4v) is 3.79. The number of rotatable bonds is 2. The monoisotopic (exact) mass is 372 g/mol. The van der Waals surface area contributed by atoms with Gasteiger partial charge in [0.1, 0.15) is 0 Å². The summed E-state index contributed by atoms with van der Waals surface area (Å²) in [5.74, 6) is -0.00379. The van der Waals surface area contributed by atoms with Gasteiger partial charge in [-0.3, -0.25) is 9.59 Å². The van der Waals surface area contributed by atoms with Crippen LogP contribution in [0.1, 0.15) is 25.3 Å². The minimum absolute atomic E-state index is 0.0544. The van der Waals surface area contributed by atoms with Crippen LogP contribution in [0.3, 0.4) is 0 Å². The molecule has 1 N–H and O–H groups in total. The summed E-state index contributed by atoms with van der Waals surface area (Å²) in [6.07, 6.45) is 1.63. The maximum atomic E-state index is 12.9. The van der Waals surface area contributed by atoms with Gasteiger partial charge in [0.05, 0.1) is 5.92 Å². The van der Waals surface area contributed by atoms with Crippen molar-refractivity contribution in [2.75, 3.05) is 44.6 Å². The van der Waals surface area contributed by atoms with Crippen LogP contribution in [0.25, 0.3) is 0 Å². The number of likely N-dealkylation sites (tertiary alicyclic amines) is 1. The molecule has 0 spiro atoms. The number of amides is 4. The molecule has 146 valence electrons. The lowest BCUT2D eigenvalue weighted by atomic mass is 9.96. The van der Waals surface area contributed by atoms with Crippen molar-refractivity contribution in [3.05, 3.63) is 29.8 Å². The molecule has 1 aromatic rings. The van der Waals surface area contributed by atoms with Crippen molar-refractivity contribution in [2.45, 2.75) is 26.7 Å². The molecule has 7 heteroatoms. The molecule has 7 nitrogen and oxygen atoms in total. The molecule has 1 atom stereocenters. The number of aryl methyl sites for hydroxylation is 1. The number of urea groups is 1. The smallest absolute Gasteiger partial charge is 0.321 e. The number of piperidine rings is 1. The molecule has 2 saturated heterocycles. The van der Waals surface area contributed by atoms with Gasteiger partial charge in [-0.1, -0.05) is 12.1 Å². The molecular formula is C20H28N4O3. The summed E-state index contributed by atoms with van der Waals surface area (Å²) in [5, 5.41) is 2.93. The Morgan fingerprint density at radius 3 is 2.37 bits per heavy atom. The first-order valence-corrected chi connectivity index (χ1v) is 9.61. The molecule has 2 aliphatic rings. The van der Waals surface area contributed by atoms with Crippen LogP contribution in [0.15, 0.2) is 24.3 Å². The number of anilines is 1. The van der Waals surface area contributed by atoms with Crippen molar-refractivity contribution in [1.29, 1.82) is 0 Å². The highest BCUT2D eigenvalue weighted by Crippen LogP contribution is 2.21. The molecular weight excluding hydrogens is 344 g/mol. The number of hydrogen-bond donors (Lipinski definition) is 1. The van der Waals surface area contributed by atoms with Crippen molar-refractivity contribution in [2.24, 2.45) is 5.92 Å². The van der Waals surface area contributed by atoms with Gasteiger partial charge in [0.2, 0.25) is 11.8 Å². The number of hydrogen-bond acceptors (Lipinski definition) is 3. The SMILES string of the molecule is CC(=O)N1CCN(C(=O)C2CCCN(C(=O)Nc3cccc(C)c3)C2)CC1. The standard InChI is InChI=1S/C20H28N4O3/c1-15-5-3-7-18(13-15)21-20(27)24-8-4-6-17(14-24)19(26)23-11-9-22(10-12-23)16(2)25/h3,5,7,13,17H,4,6,8-12,14H2,1-2H3,(H,21,27). The lowest BCUT2D eigenvalue weighted by Crippen LogP contribution is -2.54. The van der Waals surface area contributed by atoms with E-state index in [2.05, 4.69) is 5.32 Å². The fraction of sp³-hybridized carbons (Fsp3) is 0.550. The highest BCUT2D eigenvalue weighted by atomic mass is 16.2. The van der Waals surface area contributed by atoms with Crippen molar-refractivity contribution >= 4 is 23.5 Å². The van der Waals surface area contributed by atoms with Gasteiger partial charge < -0.3 is 20.0 Å². The van der Waals surface area contributed by atoms with Crippen LogP contribution in [0.4, 0.5) is 10.5 Å². The van der Waals surface area contributed by atoms with E-state index in [0.29, 0.717) is 39.3 Å². The zero-order chi connectivity index (χ0) is 19.4. The van der Waals surface area contributed by atoms with Crippen molar-refractivity contribution in [3.8, 4) is 0 Å². The van der Waals surface area contributed by atoms with Gasteiger partial charge in [0.15, 0.2) is 0 Å². The van der Waals surface area contributed by atoms with E-state index >= 15 is 0 Å². The van der Waals surface area contributed by atoms with Crippen LogP contribution >= 0.6 is 0 Å². The Hall–Kier alpha value is -2.57. The second-order valence-electron chi connectivity index (χ2n) is 7.42. The van der Waals surface area contributed by atoms with E-state index in [9.17, 15) is 14.4 Å². The maximum absolute atomic E-state index is 12.9. The Morgan fingerprint density at radius 2 is 1.70 bits per heavy atom. The third-order valence-electron chi connectivity index (χ3n) is 5.36. The third kappa shape index (κ3) is 4.78. The molecule has 0 aromatic heterocycles. The molecule has 2 fully saturated rings. The predicted molar refractivity (Wildman–Crippen MR) is 103 cm³/mol. The van der Waals surface area contributed by atoms with Crippen molar-refractivity contribution in [3.63, 3.8) is 0 Å². The normalized spacial score (nSPS) is 20.4. The van der Waals surface area contributed by atoms with Gasteiger partial charge in [-0.05, 0) is 37.5 Å². The minimum atomic E-state index is -0.161. The van der Waals surface area contributed by atoms with Gasteiger partial charge in [0, 0.05) is 51.9 Å². The highest BCUT2D eigenvalue weighted by molar-refractivity contribution is 5.90. The van der Waals surface area contributed by atoms with Crippen LogP contribution in [0, 0.1) is 12.8 Å². The fourth-order valence-electron chi connectivity index (χ4n) is 3.79. The summed E-state index contributed by atoms with van der Waals surface area (Å²) in [4.78, 5) is 42.2. The zero-order valence-corrected chi connectivity index (χ0v) is 16.1. The predicted octanol–water partition coefficient (Wildman–Crippen LogP) is 1.93. The summed E-state index contributed by atoms with van der Waals surface area (Å²) in [7, 11) is 0. The van der Waals surface area contributed by atoms with E-state index in [0.717, 1.165) is 24.1 Å². The van der Waals surface area contributed by atoms with Crippen LogP contribution in [0.5, 0.6) is 0 Å². The lowest BCUT2D eigenvalue weighted by molar-refractivity contribution is -0.142. The molecule has 0 radical (unpaired) electrons. The Kier molecular flexibility index (Phi) is 5.98. The van der Waals surface area contributed by atoms with E-state index in [1.165, 1.54) is 0 Å². The largest absolute Gasteiger partial charge is 0.339 e. The molecule has 27 heavy (non-hydrogen) atoms. The number of nitrogens with one attached hydrogen (secondary N) is 1. The first-order valence-electron chi connectivity index (χ1n) is 9.61. The first-order chi connectivity index (χ1) is 12.9. The van der Waals surface area contributed by atoms with E-state index in [4.69, 9.17) is 0 Å². The van der Waals surface area contributed by atoms with Gasteiger partial charge >= 0.3 is 6.03 Å². The van der Waals surface area contributed by atoms with Crippen LogP contribution in [-0.4, -0.2) is 71.8 Å². The van der Waals surface area contributed by atoms with Gasteiger partial charge in [-0.25, -0.2) is 4.79 Å². The van der Waals surface area contributed by atoms with Gasteiger partial charge in [-0.2, -0.15) is 0 Å². The van der Waals surface area contributed by atoms with E-state index < -0.39 is 0 Å². The van der Waals surface area contributed by atoms with Crippen LogP contribution in [-0.2, 0) is 9.59 Å². The van der Waals surface area contributed by atoms with E-state index in [1.54, 1.807) is 16.7 Å². The zero-order valence-electron chi connectivity index (χ0n) is 16.1. The average Bonchev–Trinajstić information content (AvgIpc) is 2.67. The number of benzene rings is 1. The molecule has 4 amide bonds. The Balaban J connectivity index is 1.55. The summed E-state index contributed by atoms with van der Waals surface area (Å²) < 4.78 is 0.